The Morgan fingerprint density at radius 1 is 1.44 bits per heavy atom. The molecule has 2 nitrogen and oxygen atoms in total. The summed E-state index contributed by atoms with van der Waals surface area (Å²) in [4.78, 5) is 0. The van der Waals surface area contributed by atoms with Crippen molar-refractivity contribution in [2.24, 2.45) is 5.41 Å². The first kappa shape index (κ1) is 7.72. The highest BCUT2D eigenvalue weighted by Gasteiger charge is 2.23. The summed E-state index contributed by atoms with van der Waals surface area (Å²) in [5.41, 5.74) is -0.410. The Bertz CT molecular complexity index is 188. The lowest BCUT2D eigenvalue weighted by atomic mass is 9.88. The molecule has 46 valence electrons. The molecule has 0 aliphatic heterocycles. The molecular formula is C7H8N2. The van der Waals surface area contributed by atoms with E-state index in [-0.39, 0.29) is 0 Å². The van der Waals surface area contributed by atoms with Crippen LogP contribution in [0.5, 0.6) is 0 Å². The van der Waals surface area contributed by atoms with Crippen LogP contribution < -0.4 is 0 Å². The molecule has 0 aromatic rings. The van der Waals surface area contributed by atoms with E-state index in [0.29, 0.717) is 5.57 Å². The predicted molar refractivity (Wildman–Crippen MR) is 34.1 cm³/mol. The van der Waals surface area contributed by atoms with Gasteiger partial charge in [0.1, 0.15) is 0 Å². The number of hydrogen-bond donors (Lipinski definition) is 0. The predicted octanol–water partition coefficient (Wildman–Crippen LogP) is 1.62. The van der Waals surface area contributed by atoms with E-state index in [1.54, 1.807) is 13.8 Å². The van der Waals surface area contributed by atoms with Crippen LogP contribution in [0.4, 0.5) is 0 Å². The zero-order valence-corrected chi connectivity index (χ0v) is 5.60. The van der Waals surface area contributed by atoms with Crippen LogP contribution in [0.15, 0.2) is 12.2 Å². The monoisotopic (exact) mass is 120 g/mol. The molecule has 0 aromatic heterocycles. The smallest absolute Gasteiger partial charge is 0.161 e. The van der Waals surface area contributed by atoms with Crippen LogP contribution in [0.25, 0.3) is 0 Å². The number of nitrogens with zero attached hydrogens (tertiary/aromatic N) is 2. The number of allylic oxidation sites excluding steroid dienone is 1. The molecule has 0 aromatic carbocycles. The van der Waals surface area contributed by atoms with Gasteiger partial charge in [0.05, 0.1) is 12.1 Å². The molecule has 0 unspecified atom stereocenters. The van der Waals surface area contributed by atoms with Gasteiger partial charge in [-0.3, -0.25) is 0 Å². The minimum absolute atomic E-state index is 0.590. The van der Waals surface area contributed by atoms with Gasteiger partial charge in [-0.1, -0.05) is 6.58 Å². The van der Waals surface area contributed by atoms with Crippen molar-refractivity contribution in [1.29, 1.82) is 10.5 Å². The molecule has 2 heteroatoms. The Morgan fingerprint density at radius 2 is 1.78 bits per heavy atom. The Labute approximate surface area is 55.0 Å². The van der Waals surface area contributed by atoms with Gasteiger partial charge in [0.25, 0.3) is 0 Å². The molecule has 0 saturated carbocycles. The first-order valence-electron chi connectivity index (χ1n) is 2.55. The molecule has 0 N–H and O–H groups in total. The average molecular weight is 120 g/mol. The summed E-state index contributed by atoms with van der Waals surface area (Å²) in [5.74, 6) is 0. The first-order chi connectivity index (χ1) is 4.06. The van der Waals surface area contributed by atoms with Crippen molar-refractivity contribution < 1.29 is 0 Å². The van der Waals surface area contributed by atoms with Gasteiger partial charge in [0, 0.05) is 0 Å². The molecule has 0 amide bonds. The van der Waals surface area contributed by atoms with E-state index in [9.17, 15) is 0 Å². The van der Waals surface area contributed by atoms with E-state index in [0.717, 1.165) is 0 Å². The van der Waals surface area contributed by atoms with Gasteiger partial charge in [0.2, 0.25) is 0 Å². The van der Waals surface area contributed by atoms with Crippen LogP contribution in [-0.4, -0.2) is 0 Å². The molecule has 0 saturated heterocycles. The van der Waals surface area contributed by atoms with Crippen molar-refractivity contribution in [3.63, 3.8) is 0 Å². The highest BCUT2D eigenvalue weighted by molar-refractivity contribution is 5.27. The molecule has 0 rings (SSSR count). The summed E-state index contributed by atoms with van der Waals surface area (Å²) in [6.45, 7) is 6.75. The molecule has 0 bridgehead atoms. The normalized spacial score (nSPS) is 9.33. The topological polar surface area (TPSA) is 47.6 Å². The van der Waals surface area contributed by atoms with Gasteiger partial charge in [0.15, 0.2) is 5.41 Å². The first-order valence-corrected chi connectivity index (χ1v) is 2.55. The highest BCUT2D eigenvalue weighted by atomic mass is 14.4. The van der Waals surface area contributed by atoms with E-state index in [4.69, 9.17) is 10.5 Å². The van der Waals surface area contributed by atoms with E-state index in [1.165, 1.54) is 0 Å². The maximum absolute atomic E-state index is 8.42. The minimum atomic E-state index is -1.00. The van der Waals surface area contributed by atoms with Crippen molar-refractivity contribution in [3.8, 4) is 12.1 Å². The number of rotatable bonds is 1. The van der Waals surface area contributed by atoms with E-state index >= 15 is 0 Å². The Balaban J connectivity index is 4.60. The fourth-order valence-corrected chi connectivity index (χ4v) is 0.216. The highest BCUT2D eigenvalue weighted by Crippen LogP contribution is 2.21. The van der Waals surface area contributed by atoms with Crippen molar-refractivity contribution in [2.75, 3.05) is 0 Å². The van der Waals surface area contributed by atoms with Crippen LogP contribution in [0.2, 0.25) is 0 Å². The van der Waals surface area contributed by atoms with Gasteiger partial charge in [-0.15, -0.1) is 0 Å². The largest absolute Gasteiger partial charge is 0.196 e. The summed E-state index contributed by atoms with van der Waals surface area (Å²) in [6, 6.07) is 3.73. The molecule has 0 spiro atoms. The van der Waals surface area contributed by atoms with Crippen LogP contribution in [-0.2, 0) is 0 Å². The second-order valence-electron chi connectivity index (χ2n) is 2.13. The van der Waals surface area contributed by atoms with Crippen LogP contribution >= 0.6 is 0 Å². The maximum Gasteiger partial charge on any atom is 0.161 e. The summed E-state index contributed by atoms with van der Waals surface area (Å²) in [7, 11) is 0. The zero-order valence-electron chi connectivity index (χ0n) is 5.60. The van der Waals surface area contributed by atoms with E-state index < -0.39 is 5.41 Å². The maximum atomic E-state index is 8.42. The van der Waals surface area contributed by atoms with Gasteiger partial charge in [-0.2, -0.15) is 10.5 Å². The molecule has 9 heavy (non-hydrogen) atoms. The average Bonchev–Trinajstić information content (AvgIpc) is 1.86. The van der Waals surface area contributed by atoms with Crippen molar-refractivity contribution in [2.45, 2.75) is 13.8 Å². The molecule has 0 atom stereocenters. The molecule has 0 aliphatic carbocycles. The van der Waals surface area contributed by atoms with Crippen molar-refractivity contribution in [1.82, 2.24) is 0 Å². The third-order valence-corrected chi connectivity index (χ3v) is 1.30. The second kappa shape index (κ2) is 2.33. The van der Waals surface area contributed by atoms with E-state index in [1.807, 2.05) is 12.1 Å². The summed E-state index contributed by atoms with van der Waals surface area (Å²) in [6.07, 6.45) is 0. The third kappa shape index (κ3) is 1.30. The Hall–Kier alpha value is -1.28. The third-order valence-electron chi connectivity index (χ3n) is 1.30. The lowest BCUT2D eigenvalue weighted by Gasteiger charge is -2.09. The molecular weight excluding hydrogens is 112 g/mol. The van der Waals surface area contributed by atoms with Crippen molar-refractivity contribution >= 4 is 0 Å². The van der Waals surface area contributed by atoms with Gasteiger partial charge in [-0.25, -0.2) is 0 Å². The molecule has 0 aliphatic rings. The Kier molecular flexibility index (Phi) is 2.00. The quantitative estimate of drug-likeness (QED) is 0.493. The van der Waals surface area contributed by atoms with Gasteiger partial charge >= 0.3 is 0 Å². The summed E-state index contributed by atoms with van der Waals surface area (Å²) in [5, 5.41) is 16.8. The summed E-state index contributed by atoms with van der Waals surface area (Å²) >= 11 is 0. The van der Waals surface area contributed by atoms with Gasteiger partial charge < -0.3 is 0 Å². The second-order valence-corrected chi connectivity index (χ2v) is 2.13. The molecule has 0 heterocycles. The lowest BCUT2D eigenvalue weighted by molar-refractivity contribution is 0.701. The van der Waals surface area contributed by atoms with Crippen LogP contribution in [0, 0.1) is 28.1 Å². The van der Waals surface area contributed by atoms with Crippen LogP contribution in [0.3, 0.4) is 0 Å². The SMILES string of the molecule is C=C(C)C(C)(C#N)C#N. The number of hydrogen-bond acceptors (Lipinski definition) is 2. The van der Waals surface area contributed by atoms with E-state index in [2.05, 4.69) is 6.58 Å². The fourth-order valence-electron chi connectivity index (χ4n) is 0.216. The zero-order chi connectivity index (χ0) is 7.49. The van der Waals surface area contributed by atoms with Gasteiger partial charge in [-0.05, 0) is 19.4 Å². The minimum Gasteiger partial charge on any atom is -0.196 e. The summed E-state index contributed by atoms with van der Waals surface area (Å²) < 4.78 is 0. The van der Waals surface area contributed by atoms with Crippen LogP contribution in [0.1, 0.15) is 13.8 Å². The molecule has 0 fully saturated rings. The lowest BCUT2D eigenvalue weighted by Crippen LogP contribution is -2.10. The van der Waals surface area contributed by atoms with Crippen molar-refractivity contribution in [3.05, 3.63) is 12.2 Å². The fraction of sp³-hybridized carbons (Fsp3) is 0.429. The number of nitriles is 2. The standard InChI is InChI=1S/C7H8N2/c1-6(2)7(3,4-8)5-9/h1H2,2-3H3. The Morgan fingerprint density at radius 3 is 1.78 bits per heavy atom. The molecule has 0 radical (unpaired) electrons.